The SMILES string of the molecule is CSCC1COc2ccc(C)cc2C1=O. The molecule has 0 radical (unpaired) electrons. The molecule has 0 N–H and O–H groups in total. The Kier molecular flexibility index (Phi) is 3.00. The summed E-state index contributed by atoms with van der Waals surface area (Å²) in [7, 11) is 0. The van der Waals surface area contributed by atoms with Gasteiger partial charge in [-0.3, -0.25) is 4.79 Å². The number of hydrogen-bond acceptors (Lipinski definition) is 3. The molecule has 0 aromatic heterocycles. The number of ether oxygens (including phenoxy) is 1. The van der Waals surface area contributed by atoms with E-state index >= 15 is 0 Å². The minimum Gasteiger partial charge on any atom is -0.492 e. The number of ketones is 1. The monoisotopic (exact) mass is 222 g/mol. The number of Topliss-reactive ketones (excluding diaryl/α,β-unsaturated/α-hetero) is 1. The van der Waals surface area contributed by atoms with Crippen LogP contribution in [0.25, 0.3) is 0 Å². The maximum absolute atomic E-state index is 12.1. The summed E-state index contributed by atoms with van der Waals surface area (Å²) in [5, 5.41) is 0. The van der Waals surface area contributed by atoms with Gasteiger partial charge in [-0.2, -0.15) is 11.8 Å². The first-order valence-corrected chi connectivity index (χ1v) is 6.38. The zero-order valence-corrected chi connectivity index (χ0v) is 9.76. The highest BCUT2D eigenvalue weighted by Crippen LogP contribution is 2.29. The van der Waals surface area contributed by atoms with Crippen LogP contribution in [0.15, 0.2) is 18.2 Å². The lowest BCUT2D eigenvalue weighted by atomic mass is 9.95. The van der Waals surface area contributed by atoms with Crippen LogP contribution in [0.1, 0.15) is 15.9 Å². The van der Waals surface area contributed by atoms with Gasteiger partial charge in [0.25, 0.3) is 0 Å². The van der Waals surface area contributed by atoms with E-state index in [1.165, 1.54) is 0 Å². The molecule has 3 heteroatoms. The molecule has 80 valence electrons. The largest absolute Gasteiger partial charge is 0.492 e. The van der Waals surface area contributed by atoms with E-state index in [0.717, 1.165) is 22.6 Å². The molecule has 1 aliphatic rings. The smallest absolute Gasteiger partial charge is 0.173 e. The number of fused-ring (bicyclic) bond motifs is 1. The zero-order valence-electron chi connectivity index (χ0n) is 8.95. The fourth-order valence-corrected chi connectivity index (χ4v) is 2.42. The molecule has 0 aliphatic carbocycles. The molecule has 0 amide bonds. The van der Waals surface area contributed by atoms with Gasteiger partial charge in [-0.15, -0.1) is 0 Å². The normalized spacial score (nSPS) is 19.6. The Morgan fingerprint density at radius 1 is 1.53 bits per heavy atom. The summed E-state index contributed by atoms with van der Waals surface area (Å²) >= 11 is 1.69. The summed E-state index contributed by atoms with van der Waals surface area (Å²) in [6.07, 6.45) is 2.01. The molecule has 1 atom stereocenters. The van der Waals surface area contributed by atoms with Crippen molar-refractivity contribution in [1.82, 2.24) is 0 Å². The molecule has 0 spiro atoms. The van der Waals surface area contributed by atoms with Gasteiger partial charge < -0.3 is 4.74 Å². The number of hydrogen-bond donors (Lipinski definition) is 0. The topological polar surface area (TPSA) is 26.3 Å². The Morgan fingerprint density at radius 3 is 3.07 bits per heavy atom. The summed E-state index contributed by atoms with van der Waals surface area (Å²) in [5.41, 5.74) is 1.86. The van der Waals surface area contributed by atoms with E-state index in [2.05, 4.69) is 0 Å². The van der Waals surface area contributed by atoms with Crippen LogP contribution in [0.3, 0.4) is 0 Å². The van der Waals surface area contributed by atoms with E-state index in [-0.39, 0.29) is 11.7 Å². The zero-order chi connectivity index (χ0) is 10.8. The van der Waals surface area contributed by atoms with Gasteiger partial charge in [-0.05, 0) is 25.3 Å². The Balaban J connectivity index is 2.32. The van der Waals surface area contributed by atoms with Crippen LogP contribution < -0.4 is 4.74 Å². The van der Waals surface area contributed by atoms with Gasteiger partial charge in [0.05, 0.1) is 18.1 Å². The van der Waals surface area contributed by atoms with Crippen molar-refractivity contribution >= 4 is 17.5 Å². The molecule has 0 fully saturated rings. The van der Waals surface area contributed by atoms with Crippen molar-refractivity contribution in [2.45, 2.75) is 6.92 Å². The highest BCUT2D eigenvalue weighted by Gasteiger charge is 2.28. The third-order valence-corrected chi connectivity index (χ3v) is 3.31. The van der Waals surface area contributed by atoms with Crippen LogP contribution in [-0.4, -0.2) is 24.4 Å². The van der Waals surface area contributed by atoms with Crippen molar-refractivity contribution in [2.24, 2.45) is 5.92 Å². The van der Waals surface area contributed by atoms with Crippen molar-refractivity contribution < 1.29 is 9.53 Å². The second-order valence-electron chi connectivity index (χ2n) is 3.83. The van der Waals surface area contributed by atoms with E-state index in [1.54, 1.807) is 11.8 Å². The van der Waals surface area contributed by atoms with Gasteiger partial charge in [0, 0.05) is 5.75 Å². The van der Waals surface area contributed by atoms with Crippen molar-refractivity contribution in [3.63, 3.8) is 0 Å². The molecule has 2 rings (SSSR count). The second kappa shape index (κ2) is 4.27. The highest BCUT2D eigenvalue weighted by atomic mass is 32.2. The predicted molar refractivity (Wildman–Crippen MR) is 62.9 cm³/mol. The Bertz CT molecular complexity index is 387. The molecule has 2 nitrogen and oxygen atoms in total. The van der Waals surface area contributed by atoms with Gasteiger partial charge in [0.1, 0.15) is 5.75 Å². The summed E-state index contributed by atoms with van der Waals surface area (Å²) in [5.74, 6) is 1.83. The van der Waals surface area contributed by atoms with E-state index in [0.29, 0.717) is 6.61 Å². The van der Waals surface area contributed by atoms with Gasteiger partial charge in [0.15, 0.2) is 5.78 Å². The van der Waals surface area contributed by atoms with Crippen molar-refractivity contribution in [3.05, 3.63) is 29.3 Å². The lowest BCUT2D eigenvalue weighted by Gasteiger charge is -2.23. The molecular weight excluding hydrogens is 208 g/mol. The molecule has 1 aromatic carbocycles. The second-order valence-corrected chi connectivity index (χ2v) is 4.74. The number of carbonyl (C=O) groups is 1. The first-order chi connectivity index (χ1) is 7.22. The molecule has 1 unspecified atom stereocenters. The molecule has 1 heterocycles. The Morgan fingerprint density at radius 2 is 2.33 bits per heavy atom. The van der Waals surface area contributed by atoms with Crippen molar-refractivity contribution in [3.8, 4) is 5.75 Å². The number of aryl methyl sites for hydroxylation is 1. The van der Waals surface area contributed by atoms with Crippen molar-refractivity contribution in [2.75, 3.05) is 18.6 Å². The molecular formula is C12H14O2S. The van der Waals surface area contributed by atoms with Gasteiger partial charge in [-0.1, -0.05) is 11.6 Å². The van der Waals surface area contributed by atoms with Crippen LogP contribution in [0.4, 0.5) is 0 Å². The fourth-order valence-electron chi connectivity index (χ4n) is 1.77. The third-order valence-electron chi connectivity index (χ3n) is 2.58. The van der Waals surface area contributed by atoms with Crippen LogP contribution in [0.2, 0.25) is 0 Å². The van der Waals surface area contributed by atoms with E-state index < -0.39 is 0 Å². The summed E-state index contributed by atoms with van der Waals surface area (Å²) in [4.78, 5) is 12.1. The minimum absolute atomic E-state index is 0.0225. The molecule has 15 heavy (non-hydrogen) atoms. The predicted octanol–water partition coefficient (Wildman–Crippen LogP) is 2.55. The number of thioether (sulfide) groups is 1. The first kappa shape index (κ1) is 10.6. The van der Waals surface area contributed by atoms with Gasteiger partial charge in [-0.25, -0.2) is 0 Å². The average Bonchev–Trinajstić information content (AvgIpc) is 2.23. The van der Waals surface area contributed by atoms with E-state index in [1.807, 2.05) is 31.4 Å². The maximum atomic E-state index is 12.1. The quantitative estimate of drug-likeness (QED) is 0.769. The van der Waals surface area contributed by atoms with Crippen LogP contribution in [0, 0.1) is 12.8 Å². The van der Waals surface area contributed by atoms with Crippen molar-refractivity contribution in [1.29, 1.82) is 0 Å². The van der Waals surface area contributed by atoms with Crippen LogP contribution in [-0.2, 0) is 0 Å². The van der Waals surface area contributed by atoms with Crippen LogP contribution in [0.5, 0.6) is 5.75 Å². The van der Waals surface area contributed by atoms with Gasteiger partial charge in [0.2, 0.25) is 0 Å². The highest BCUT2D eigenvalue weighted by molar-refractivity contribution is 7.98. The number of rotatable bonds is 2. The molecule has 0 bridgehead atoms. The summed E-state index contributed by atoms with van der Waals surface area (Å²) in [6.45, 7) is 2.52. The van der Waals surface area contributed by atoms with Crippen LogP contribution >= 0.6 is 11.8 Å². The lowest BCUT2D eigenvalue weighted by Crippen LogP contribution is -2.29. The summed E-state index contributed by atoms with van der Waals surface area (Å²) in [6, 6.07) is 5.78. The Labute approximate surface area is 94.0 Å². The number of carbonyl (C=O) groups excluding carboxylic acids is 1. The average molecular weight is 222 g/mol. The Hall–Kier alpha value is -0.960. The standard InChI is InChI=1S/C12H14O2S/c1-8-3-4-11-10(5-8)12(13)9(6-14-11)7-15-2/h3-5,9H,6-7H2,1-2H3. The molecule has 1 aliphatic heterocycles. The fraction of sp³-hybridized carbons (Fsp3) is 0.417. The molecule has 1 aromatic rings. The summed E-state index contributed by atoms with van der Waals surface area (Å²) < 4.78 is 5.58. The number of benzene rings is 1. The molecule has 0 saturated heterocycles. The van der Waals surface area contributed by atoms with E-state index in [9.17, 15) is 4.79 Å². The minimum atomic E-state index is 0.0225. The maximum Gasteiger partial charge on any atom is 0.173 e. The third kappa shape index (κ3) is 2.02. The van der Waals surface area contributed by atoms with E-state index in [4.69, 9.17) is 4.74 Å². The lowest BCUT2D eigenvalue weighted by molar-refractivity contribution is 0.0853. The van der Waals surface area contributed by atoms with Gasteiger partial charge >= 0.3 is 0 Å². The molecule has 0 saturated carbocycles. The first-order valence-electron chi connectivity index (χ1n) is 4.99.